The molecule has 0 bridgehead atoms. The van der Waals surface area contributed by atoms with E-state index in [9.17, 15) is 13.2 Å². The molecule has 3 rings (SSSR count). The molecule has 0 aliphatic heterocycles. The van der Waals surface area contributed by atoms with Crippen molar-refractivity contribution in [2.75, 3.05) is 0 Å². The van der Waals surface area contributed by atoms with Crippen molar-refractivity contribution in [1.29, 1.82) is 0 Å². The lowest BCUT2D eigenvalue weighted by molar-refractivity contribution is -0.138. The molecule has 102 valence electrons. The molecule has 0 radical (unpaired) electrons. The van der Waals surface area contributed by atoms with Crippen LogP contribution in [0.4, 0.5) is 13.2 Å². The summed E-state index contributed by atoms with van der Waals surface area (Å²) < 4.78 is 41.2. The maximum atomic E-state index is 13.0. The number of nitrogens with zero attached hydrogens (tertiary/aromatic N) is 6. The number of hydrogen-bond acceptors (Lipinski definition) is 4. The van der Waals surface area contributed by atoms with E-state index in [4.69, 9.17) is 0 Å². The Balaban J connectivity index is 2.19. The Hall–Kier alpha value is -2.71. The molecule has 6 nitrogen and oxygen atoms in total. The Kier molecular flexibility index (Phi) is 2.74. The minimum Gasteiger partial charge on any atom is -0.222 e. The summed E-state index contributed by atoms with van der Waals surface area (Å²) in [6.45, 7) is 0. The van der Waals surface area contributed by atoms with Gasteiger partial charge >= 0.3 is 6.18 Å². The molecule has 0 atom stereocenters. The summed E-state index contributed by atoms with van der Waals surface area (Å²) in [4.78, 5) is 7.58. The van der Waals surface area contributed by atoms with E-state index in [1.54, 1.807) is 6.07 Å². The highest BCUT2D eigenvalue weighted by molar-refractivity contribution is 5.36. The standard InChI is InChI=1S/C11H7F3N6/c12-11(13,14)8-7-15-10(20-6-2-4-17-20)18-9(8)19-5-1-3-16-19/h1-7H. The first-order valence-electron chi connectivity index (χ1n) is 5.50. The molecule has 0 aliphatic rings. The first-order valence-corrected chi connectivity index (χ1v) is 5.50. The van der Waals surface area contributed by atoms with Crippen molar-refractivity contribution in [2.24, 2.45) is 0 Å². The molecule has 0 fully saturated rings. The van der Waals surface area contributed by atoms with Crippen LogP contribution in [-0.4, -0.2) is 29.5 Å². The van der Waals surface area contributed by atoms with Crippen LogP contribution in [0.15, 0.2) is 43.1 Å². The van der Waals surface area contributed by atoms with Crippen molar-refractivity contribution in [3.05, 3.63) is 48.7 Å². The summed E-state index contributed by atoms with van der Waals surface area (Å²) in [5, 5.41) is 7.66. The van der Waals surface area contributed by atoms with E-state index in [1.165, 1.54) is 35.5 Å². The van der Waals surface area contributed by atoms with Gasteiger partial charge in [0.25, 0.3) is 5.95 Å². The zero-order chi connectivity index (χ0) is 14.2. The van der Waals surface area contributed by atoms with E-state index in [1.807, 2.05) is 0 Å². The monoisotopic (exact) mass is 280 g/mol. The molecule has 0 aliphatic carbocycles. The van der Waals surface area contributed by atoms with Crippen molar-refractivity contribution < 1.29 is 13.2 Å². The summed E-state index contributed by atoms with van der Waals surface area (Å²) >= 11 is 0. The van der Waals surface area contributed by atoms with Crippen LogP contribution in [0.25, 0.3) is 11.8 Å². The van der Waals surface area contributed by atoms with Crippen LogP contribution in [0.2, 0.25) is 0 Å². The Morgan fingerprint density at radius 1 is 0.950 bits per heavy atom. The smallest absolute Gasteiger partial charge is 0.222 e. The van der Waals surface area contributed by atoms with Gasteiger partial charge in [-0.05, 0) is 12.1 Å². The quantitative estimate of drug-likeness (QED) is 0.719. The number of aromatic nitrogens is 6. The van der Waals surface area contributed by atoms with E-state index in [-0.39, 0.29) is 11.8 Å². The molecule has 0 amide bonds. The fraction of sp³-hybridized carbons (Fsp3) is 0.0909. The lowest BCUT2D eigenvalue weighted by Crippen LogP contribution is -2.16. The maximum Gasteiger partial charge on any atom is 0.421 e. The Bertz CT molecular complexity index is 702. The minimum absolute atomic E-state index is 0.0356. The Labute approximate surface area is 110 Å². The van der Waals surface area contributed by atoms with Gasteiger partial charge in [0.1, 0.15) is 5.56 Å². The predicted molar refractivity (Wildman–Crippen MR) is 61.3 cm³/mol. The van der Waals surface area contributed by atoms with Gasteiger partial charge in [-0.1, -0.05) is 0 Å². The second-order valence-electron chi connectivity index (χ2n) is 3.81. The molecule has 3 heterocycles. The molecule has 20 heavy (non-hydrogen) atoms. The summed E-state index contributed by atoms with van der Waals surface area (Å²) in [6.07, 6.45) is 1.93. The number of hydrogen-bond donors (Lipinski definition) is 0. The molecule has 9 heteroatoms. The van der Waals surface area contributed by atoms with Gasteiger partial charge in [0.2, 0.25) is 0 Å². The van der Waals surface area contributed by atoms with Gasteiger partial charge in [0.05, 0.1) is 0 Å². The Morgan fingerprint density at radius 3 is 2.15 bits per heavy atom. The van der Waals surface area contributed by atoms with Gasteiger partial charge in [-0.3, -0.25) is 0 Å². The van der Waals surface area contributed by atoms with E-state index in [2.05, 4.69) is 20.2 Å². The van der Waals surface area contributed by atoms with Crippen LogP contribution in [0.3, 0.4) is 0 Å². The first-order chi connectivity index (χ1) is 9.55. The molecular formula is C11H7F3N6. The third kappa shape index (κ3) is 2.13. The normalized spacial score (nSPS) is 11.8. The first kappa shape index (κ1) is 12.3. The zero-order valence-electron chi connectivity index (χ0n) is 9.86. The molecule has 0 N–H and O–H groups in total. The van der Waals surface area contributed by atoms with Crippen LogP contribution in [0, 0.1) is 0 Å². The molecule has 0 saturated carbocycles. The highest BCUT2D eigenvalue weighted by Crippen LogP contribution is 2.32. The molecule has 0 aromatic carbocycles. The fourth-order valence-corrected chi connectivity index (χ4v) is 1.63. The van der Waals surface area contributed by atoms with Crippen molar-refractivity contribution in [2.45, 2.75) is 6.18 Å². The number of rotatable bonds is 2. The average molecular weight is 280 g/mol. The van der Waals surface area contributed by atoms with Crippen LogP contribution in [-0.2, 0) is 6.18 Å². The summed E-state index contributed by atoms with van der Waals surface area (Å²) in [5.74, 6) is -0.309. The van der Waals surface area contributed by atoms with Crippen LogP contribution >= 0.6 is 0 Å². The van der Waals surface area contributed by atoms with E-state index in [0.717, 1.165) is 10.9 Å². The number of alkyl halides is 3. The highest BCUT2D eigenvalue weighted by atomic mass is 19.4. The predicted octanol–water partition coefficient (Wildman–Crippen LogP) is 1.87. The highest BCUT2D eigenvalue weighted by Gasteiger charge is 2.36. The summed E-state index contributed by atoms with van der Waals surface area (Å²) in [7, 11) is 0. The third-order valence-corrected chi connectivity index (χ3v) is 2.49. The lowest BCUT2D eigenvalue weighted by atomic mass is 10.3. The molecule has 0 spiro atoms. The van der Waals surface area contributed by atoms with Crippen LogP contribution in [0.5, 0.6) is 0 Å². The average Bonchev–Trinajstić information content (AvgIpc) is 3.10. The summed E-state index contributed by atoms with van der Waals surface area (Å²) in [6, 6.07) is 3.13. The minimum atomic E-state index is -4.57. The lowest BCUT2D eigenvalue weighted by Gasteiger charge is -2.12. The van der Waals surface area contributed by atoms with Gasteiger partial charge in [-0.25, -0.2) is 14.3 Å². The molecule has 0 saturated heterocycles. The SMILES string of the molecule is FC(F)(F)c1cnc(-n2cccn2)nc1-n1cccn1. The van der Waals surface area contributed by atoms with E-state index in [0.29, 0.717) is 0 Å². The van der Waals surface area contributed by atoms with Gasteiger partial charge in [-0.2, -0.15) is 28.4 Å². The largest absolute Gasteiger partial charge is 0.421 e. The maximum absolute atomic E-state index is 13.0. The molecule has 3 aromatic rings. The van der Waals surface area contributed by atoms with Crippen molar-refractivity contribution in [3.63, 3.8) is 0 Å². The Morgan fingerprint density at radius 2 is 1.60 bits per heavy atom. The molecule has 3 aromatic heterocycles. The second-order valence-corrected chi connectivity index (χ2v) is 3.81. The fourth-order valence-electron chi connectivity index (χ4n) is 1.63. The van der Waals surface area contributed by atoms with Crippen LogP contribution < -0.4 is 0 Å². The molecule has 0 unspecified atom stereocenters. The van der Waals surface area contributed by atoms with E-state index < -0.39 is 11.7 Å². The van der Waals surface area contributed by atoms with Gasteiger partial charge < -0.3 is 0 Å². The van der Waals surface area contributed by atoms with E-state index >= 15 is 0 Å². The van der Waals surface area contributed by atoms with Gasteiger partial charge in [0, 0.05) is 31.0 Å². The van der Waals surface area contributed by atoms with Gasteiger partial charge in [-0.15, -0.1) is 0 Å². The summed E-state index contributed by atoms with van der Waals surface area (Å²) in [5.41, 5.74) is -0.961. The number of halogens is 3. The third-order valence-electron chi connectivity index (χ3n) is 2.49. The second kappa shape index (κ2) is 4.44. The topological polar surface area (TPSA) is 61.4 Å². The van der Waals surface area contributed by atoms with Crippen molar-refractivity contribution in [3.8, 4) is 11.8 Å². The molecular weight excluding hydrogens is 273 g/mol. The van der Waals surface area contributed by atoms with Crippen LogP contribution in [0.1, 0.15) is 5.56 Å². The van der Waals surface area contributed by atoms with Crippen molar-refractivity contribution >= 4 is 0 Å². The van der Waals surface area contributed by atoms with Crippen molar-refractivity contribution in [1.82, 2.24) is 29.5 Å². The van der Waals surface area contributed by atoms with Gasteiger partial charge in [0.15, 0.2) is 5.82 Å². The zero-order valence-corrected chi connectivity index (χ0v) is 9.86.